The number of hydrogen-bond acceptors (Lipinski definition) is 3. The molecule has 0 N–H and O–H groups in total. The predicted molar refractivity (Wildman–Crippen MR) is 95.9 cm³/mol. The lowest BCUT2D eigenvalue weighted by Crippen LogP contribution is -2.37. The molecule has 2 heterocycles. The molecule has 2 aromatic rings. The molecule has 0 spiro atoms. The van der Waals surface area contributed by atoms with Crippen LogP contribution < -0.4 is 0 Å². The Hall–Kier alpha value is -2.12. The highest BCUT2D eigenvalue weighted by Gasteiger charge is 2.29. The predicted octanol–water partition coefficient (Wildman–Crippen LogP) is 1.87. The van der Waals surface area contributed by atoms with Crippen molar-refractivity contribution < 1.29 is 13.2 Å². The molecule has 1 aromatic heterocycles. The van der Waals surface area contributed by atoms with Gasteiger partial charge in [0.15, 0.2) is 0 Å². The molecule has 1 aliphatic heterocycles. The van der Waals surface area contributed by atoms with Gasteiger partial charge >= 0.3 is 0 Å². The molecule has 0 bridgehead atoms. The maximum absolute atomic E-state index is 12.9. The SMILES string of the molecule is Cc1ccccc1S(=O)(=O)N1CCCN(C(=O)c2ccn(C)c2)CC1. The highest BCUT2D eigenvalue weighted by atomic mass is 32.2. The second-order valence-electron chi connectivity index (χ2n) is 6.38. The van der Waals surface area contributed by atoms with Crippen LogP contribution in [-0.2, 0) is 17.1 Å². The summed E-state index contributed by atoms with van der Waals surface area (Å²) in [4.78, 5) is 14.7. The van der Waals surface area contributed by atoms with Crippen LogP contribution in [0, 0.1) is 6.92 Å². The van der Waals surface area contributed by atoms with Crippen LogP contribution in [0.25, 0.3) is 0 Å². The Kier molecular flexibility index (Phi) is 4.96. The number of nitrogens with zero attached hydrogens (tertiary/aromatic N) is 3. The van der Waals surface area contributed by atoms with E-state index in [0.717, 1.165) is 5.56 Å². The molecular weight excluding hydrogens is 338 g/mol. The van der Waals surface area contributed by atoms with E-state index in [1.54, 1.807) is 42.3 Å². The Balaban J connectivity index is 1.75. The fourth-order valence-corrected chi connectivity index (χ4v) is 4.83. The first-order valence-electron chi connectivity index (χ1n) is 8.36. The number of amides is 1. The Labute approximate surface area is 148 Å². The van der Waals surface area contributed by atoms with E-state index in [4.69, 9.17) is 0 Å². The van der Waals surface area contributed by atoms with Crippen molar-refractivity contribution in [1.29, 1.82) is 0 Å². The third-order valence-electron chi connectivity index (χ3n) is 4.53. The van der Waals surface area contributed by atoms with Crippen LogP contribution in [0.4, 0.5) is 0 Å². The summed E-state index contributed by atoms with van der Waals surface area (Å²) in [5.74, 6) is -0.0456. The quantitative estimate of drug-likeness (QED) is 0.838. The van der Waals surface area contributed by atoms with Crippen LogP contribution >= 0.6 is 0 Å². The normalized spacial score (nSPS) is 16.6. The zero-order valence-electron chi connectivity index (χ0n) is 14.6. The first-order chi connectivity index (χ1) is 11.9. The van der Waals surface area contributed by atoms with Gasteiger partial charge in [-0.15, -0.1) is 0 Å². The van der Waals surface area contributed by atoms with Gasteiger partial charge in [0, 0.05) is 45.6 Å². The Morgan fingerprint density at radius 3 is 2.48 bits per heavy atom. The number of carbonyl (C=O) groups excluding carboxylic acids is 1. The van der Waals surface area contributed by atoms with E-state index in [2.05, 4.69) is 0 Å². The smallest absolute Gasteiger partial charge is 0.255 e. The van der Waals surface area contributed by atoms with Crippen LogP contribution in [0.5, 0.6) is 0 Å². The van der Waals surface area contributed by atoms with Gasteiger partial charge in [0.1, 0.15) is 0 Å². The molecule has 0 aliphatic carbocycles. The Morgan fingerprint density at radius 1 is 1.04 bits per heavy atom. The number of hydrogen-bond donors (Lipinski definition) is 0. The standard InChI is InChI=1S/C18H23N3O3S/c1-15-6-3-4-7-17(15)25(23,24)21-10-5-9-20(12-13-21)18(22)16-8-11-19(2)14-16/h3-4,6-8,11,14H,5,9-10,12-13H2,1-2H3. The summed E-state index contributed by atoms with van der Waals surface area (Å²) in [5, 5.41) is 0. The van der Waals surface area contributed by atoms with Crippen LogP contribution in [0.2, 0.25) is 0 Å². The maximum atomic E-state index is 12.9. The fraction of sp³-hybridized carbons (Fsp3) is 0.389. The van der Waals surface area contributed by atoms with Crippen molar-refractivity contribution in [2.45, 2.75) is 18.2 Å². The summed E-state index contributed by atoms with van der Waals surface area (Å²) < 4.78 is 29.2. The van der Waals surface area contributed by atoms with Crippen LogP contribution in [0.15, 0.2) is 47.6 Å². The molecular formula is C18H23N3O3S. The minimum absolute atomic E-state index is 0.0456. The summed E-state index contributed by atoms with van der Waals surface area (Å²) in [7, 11) is -1.66. The number of carbonyl (C=O) groups is 1. The van der Waals surface area contributed by atoms with Crippen molar-refractivity contribution in [1.82, 2.24) is 13.8 Å². The second-order valence-corrected chi connectivity index (χ2v) is 8.29. The number of rotatable bonds is 3. The molecule has 0 radical (unpaired) electrons. The average Bonchev–Trinajstić information content (AvgIpc) is 2.86. The largest absolute Gasteiger partial charge is 0.356 e. The van der Waals surface area contributed by atoms with E-state index >= 15 is 0 Å². The highest BCUT2D eigenvalue weighted by Crippen LogP contribution is 2.21. The summed E-state index contributed by atoms with van der Waals surface area (Å²) in [6.07, 6.45) is 4.25. The molecule has 134 valence electrons. The third-order valence-corrected chi connectivity index (χ3v) is 6.59. The number of benzene rings is 1. The molecule has 1 fully saturated rings. The van der Waals surface area contributed by atoms with Gasteiger partial charge in [-0.1, -0.05) is 18.2 Å². The summed E-state index contributed by atoms with van der Waals surface area (Å²) in [5.41, 5.74) is 1.38. The van der Waals surface area contributed by atoms with Crippen LogP contribution in [-0.4, -0.2) is 54.3 Å². The molecule has 25 heavy (non-hydrogen) atoms. The molecule has 1 aliphatic rings. The van der Waals surface area contributed by atoms with Crippen molar-refractivity contribution in [3.63, 3.8) is 0 Å². The van der Waals surface area contributed by atoms with Crippen LogP contribution in [0.3, 0.4) is 0 Å². The Bertz CT molecular complexity index is 873. The molecule has 1 saturated heterocycles. The summed E-state index contributed by atoms with van der Waals surface area (Å²) in [6.45, 7) is 3.51. The van der Waals surface area contributed by atoms with E-state index in [0.29, 0.717) is 43.1 Å². The molecule has 1 amide bonds. The van der Waals surface area contributed by atoms with E-state index in [-0.39, 0.29) is 5.91 Å². The second kappa shape index (κ2) is 7.01. The molecule has 0 atom stereocenters. The maximum Gasteiger partial charge on any atom is 0.255 e. The fourth-order valence-electron chi connectivity index (χ4n) is 3.13. The van der Waals surface area contributed by atoms with Gasteiger partial charge in [-0.25, -0.2) is 8.42 Å². The van der Waals surface area contributed by atoms with Gasteiger partial charge < -0.3 is 9.47 Å². The lowest BCUT2D eigenvalue weighted by molar-refractivity contribution is 0.0764. The van der Waals surface area contributed by atoms with Crippen molar-refractivity contribution in [3.05, 3.63) is 53.9 Å². The molecule has 6 nitrogen and oxygen atoms in total. The topological polar surface area (TPSA) is 62.6 Å². The van der Waals surface area contributed by atoms with Gasteiger partial charge in [0.25, 0.3) is 5.91 Å². The van der Waals surface area contributed by atoms with Crippen molar-refractivity contribution >= 4 is 15.9 Å². The molecule has 0 unspecified atom stereocenters. The average molecular weight is 361 g/mol. The third kappa shape index (κ3) is 3.62. The van der Waals surface area contributed by atoms with Gasteiger partial charge in [-0.3, -0.25) is 4.79 Å². The van der Waals surface area contributed by atoms with Crippen LogP contribution in [0.1, 0.15) is 22.3 Å². The lowest BCUT2D eigenvalue weighted by atomic mass is 10.2. The number of aromatic nitrogens is 1. The molecule has 0 saturated carbocycles. The first kappa shape index (κ1) is 17.7. The lowest BCUT2D eigenvalue weighted by Gasteiger charge is -2.22. The number of aryl methyl sites for hydroxylation is 2. The van der Waals surface area contributed by atoms with E-state index in [1.165, 1.54) is 4.31 Å². The molecule has 7 heteroatoms. The zero-order valence-corrected chi connectivity index (χ0v) is 15.4. The minimum Gasteiger partial charge on any atom is -0.356 e. The summed E-state index contributed by atoms with van der Waals surface area (Å²) in [6, 6.07) is 8.80. The first-order valence-corrected chi connectivity index (χ1v) is 9.80. The van der Waals surface area contributed by atoms with Gasteiger partial charge in [-0.2, -0.15) is 4.31 Å². The van der Waals surface area contributed by atoms with E-state index in [9.17, 15) is 13.2 Å². The van der Waals surface area contributed by atoms with Gasteiger partial charge in [0.05, 0.1) is 10.5 Å². The Morgan fingerprint density at radius 2 is 1.80 bits per heavy atom. The van der Waals surface area contributed by atoms with Gasteiger partial charge in [-0.05, 0) is 31.0 Å². The van der Waals surface area contributed by atoms with Crippen molar-refractivity contribution in [2.24, 2.45) is 7.05 Å². The molecule has 3 rings (SSSR count). The van der Waals surface area contributed by atoms with Crippen molar-refractivity contribution in [2.75, 3.05) is 26.2 Å². The highest BCUT2D eigenvalue weighted by molar-refractivity contribution is 7.89. The number of sulfonamides is 1. The van der Waals surface area contributed by atoms with E-state index < -0.39 is 10.0 Å². The van der Waals surface area contributed by atoms with E-state index in [1.807, 2.05) is 23.9 Å². The summed E-state index contributed by atoms with van der Waals surface area (Å²) >= 11 is 0. The molecule has 1 aromatic carbocycles. The monoisotopic (exact) mass is 361 g/mol. The van der Waals surface area contributed by atoms with Crippen molar-refractivity contribution in [3.8, 4) is 0 Å². The zero-order chi connectivity index (χ0) is 18.0. The van der Waals surface area contributed by atoms with Gasteiger partial charge in [0.2, 0.25) is 10.0 Å². The minimum atomic E-state index is -3.53.